The average molecular weight is 695 g/mol. The first kappa shape index (κ1) is 42.1. The summed E-state index contributed by atoms with van der Waals surface area (Å²) >= 11 is 0. The van der Waals surface area contributed by atoms with Crippen molar-refractivity contribution in [2.75, 3.05) is 0 Å². The van der Waals surface area contributed by atoms with Gasteiger partial charge in [-0.05, 0) is 86.8 Å². The number of phenolic OH excluding ortho intramolecular Hbond substituents is 2. The van der Waals surface area contributed by atoms with Crippen molar-refractivity contribution in [2.45, 2.75) is 143 Å². The van der Waals surface area contributed by atoms with Crippen molar-refractivity contribution in [2.24, 2.45) is 11.8 Å². The van der Waals surface area contributed by atoms with E-state index in [9.17, 15) is 29.4 Å². The van der Waals surface area contributed by atoms with Crippen LogP contribution in [-0.4, -0.2) is 33.8 Å². The molecule has 2 rings (SSSR count). The van der Waals surface area contributed by atoms with Gasteiger partial charge in [0, 0.05) is 11.8 Å². The average Bonchev–Trinajstić information content (AvgIpc) is 3.11. The number of hydrogen-bond donors (Lipinski definition) is 6. The summed E-state index contributed by atoms with van der Waals surface area (Å²) in [6.07, 6.45) is 16.5. The van der Waals surface area contributed by atoms with Crippen molar-refractivity contribution in [3.63, 3.8) is 0 Å². The van der Waals surface area contributed by atoms with Gasteiger partial charge in [0.1, 0.15) is 11.5 Å². The van der Waals surface area contributed by atoms with E-state index in [4.69, 9.17) is 0 Å². The minimum absolute atomic E-state index is 0.116. The molecule has 2 unspecified atom stereocenters. The molecule has 10 heteroatoms. The second kappa shape index (κ2) is 24.1. The lowest BCUT2D eigenvalue weighted by atomic mass is 9.92. The Kier molecular flexibility index (Phi) is 20.3. The molecule has 2 atom stereocenters. The van der Waals surface area contributed by atoms with Crippen molar-refractivity contribution < 1.29 is 29.4 Å². The zero-order valence-electron chi connectivity index (χ0n) is 30.9. The largest absolute Gasteiger partial charge is 0.507 e. The van der Waals surface area contributed by atoms with Gasteiger partial charge in [-0.2, -0.15) is 0 Å². The molecule has 0 aliphatic rings. The molecule has 0 aliphatic heterocycles. The summed E-state index contributed by atoms with van der Waals surface area (Å²) in [4.78, 5) is 51.7. The fraction of sp³-hybridized carbons (Fsp3) is 0.600. The van der Waals surface area contributed by atoms with Crippen molar-refractivity contribution in [3.8, 4) is 11.5 Å². The molecule has 0 heterocycles. The van der Waals surface area contributed by atoms with Gasteiger partial charge in [-0.25, -0.2) is 0 Å². The van der Waals surface area contributed by atoms with Gasteiger partial charge in [0.2, 0.25) is 11.8 Å². The number of hydrazine groups is 2. The molecule has 0 bridgehead atoms. The molecule has 0 saturated carbocycles. The van der Waals surface area contributed by atoms with Crippen molar-refractivity contribution >= 4 is 23.6 Å². The van der Waals surface area contributed by atoms with Gasteiger partial charge in [0.15, 0.2) is 0 Å². The maximum absolute atomic E-state index is 13.1. The van der Waals surface area contributed by atoms with Crippen LogP contribution in [0.15, 0.2) is 36.4 Å². The predicted octanol–water partition coefficient (Wildman–Crippen LogP) is 7.96. The zero-order valence-corrected chi connectivity index (χ0v) is 30.9. The molecular weight excluding hydrogens is 632 g/mol. The van der Waals surface area contributed by atoms with E-state index in [2.05, 4.69) is 35.6 Å². The van der Waals surface area contributed by atoms with E-state index in [-0.39, 0.29) is 46.3 Å². The number of amides is 4. The highest BCUT2D eigenvalue weighted by Gasteiger charge is 2.23. The van der Waals surface area contributed by atoms with Crippen LogP contribution in [-0.2, 0) is 22.4 Å². The van der Waals surface area contributed by atoms with Crippen LogP contribution in [0.4, 0.5) is 0 Å². The Labute approximate surface area is 299 Å². The highest BCUT2D eigenvalue weighted by atomic mass is 16.3. The molecule has 0 aromatic heterocycles. The molecule has 0 fully saturated rings. The van der Waals surface area contributed by atoms with Crippen LogP contribution >= 0.6 is 0 Å². The lowest BCUT2D eigenvalue weighted by Gasteiger charge is -2.19. The Bertz CT molecular complexity index is 1350. The topological polar surface area (TPSA) is 157 Å². The number of nitrogens with one attached hydrogen (secondary N) is 4. The quantitative estimate of drug-likeness (QED) is 0.0512. The van der Waals surface area contributed by atoms with Crippen LogP contribution in [0.2, 0.25) is 0 Å². The molecule has 2 aromatic rings. The Morgan fingerprint density at radius 3 is 1.40 bits per heavy atom. The molecule has 50 heavy (non-hydrogen) atoms. The van der Waals surface area contributed by atoms with Crippen LogP contribution in [0.1, 0.15) is 162 Å². The molecule has 4 amide bonds. The van der Waals surface area contributed by atoms with Crippen LogP contribution in [0.5, 0.6) is 11.5 Å². The summed E-state index contributed by atoms with van der Waals surface area (Å²) in [5.74, 6) is -2.85. The van der Waals surface area contributed by atoms with Crippen molar-refractivity contribution in [3.05, 3.63) is 58.7 Å². The van der Waals surface area contributed by atoms with Gasteiger partial charge in [0.05, 0.1) is 11.1 Å². The lowest BCUT2D eigenvalue weighted by Crippen LogP contribution is -2.45. The summed E-state index contributed by atoms with van der Waals surface area (Å²) in [5, 5.41) is 20.6. The minimum Gasteiger partial charge on any atom is -0.507 e. The number of hydrogen-bond acceptors (Lipinski definition) is 6. The first-order valence-electron chi connectivity index (χ1n) is 19.0. The van der Waals surface area contributed by atoms with E-state index in [0.717, 1.165) is 56.1 Å². The molecule has 0 saturated heterocycles. The normalized spacial score (nSPS) is 12.2. The third-order valence-corrected chi connectivity index (χ3v) is 9.32. The summed E-state index contributed by atoms with van der Waals surface area (Å²) in [6.45, 7) is 8.22. The first-order chi connectivity index (χ1) is 24.1. The summed E-state index contributed by atoms with van der Waals surface area (Å²) in [6, 6.07) is 10.0. The van der Waals surface area contributed by atoms with Gasteiger partial charge >= 0.3 is 0 Å². The van der Waals surface area contributed by atoms with Crippen LogP contribution in [0.3, 0.4) is 0 Å². The molecule has 0 spiro atoms. The van der Waals surface area contributed by atoms with Crippen LogP contribution < -0.4 is 21.7 Å². The summed E-state index contributed by atoms with van der Waals surface area (Å²) in [7, 11) is 0. The zero-order chi connectivity index (χ0) is 36.7. The molecule has 10 nitrogen and oxygen atoms in total. The lowest BCUT2D eigenvalue weighted by molar-refractivity contribution is -0.126. The SMILES string of the molecule is CCCCCCCc1ccc(O)c(C(=O)NNC(=O)C(CC)CCCC(CCC)C(=O)NNC(=O)c2cc(CCCCCCC)ccc2O)c1. The monoisotopic (exact) mass is 694 g/mol. The number of aryl methyl sites for hydroxylation is 2. The van der Waals surface area contributed by atoms with Crippen LogP contribution in [0.25, 0.3) is 0 Å². The van der Waals surface area contributed by atoms with E-state index in [1.54, 1.807) is 12.1 Å². The highest BCUT2D eigenvalue weighted by molar-refractivity contribution is 5.98. The molecule has 0 aliphatic carbocycles. The maximum atomic E-state index is 13.1. The Morgan fingerprint density at radius 2 is 0.960 bits per heavy atom. The van der Waals surface area contributed by atoms with Gasteiger partial charge in [-0.1, -0.05) is 104 Å². The van der Waals surface area contributed by atoms with Gasteiger partial charge < -0.3 is 10.2 Å². The summed E-state index contributed by atoms with van der Waals surface area (Å²) in [5.41, 5.74) is 12.1. The molecule has 2 aromatic carbocycles. The Morgan fingerprint density at radius 1 is 0.520 bits per heavy atom. The fourth-order valence-corrected chi connectivity index (χ4v) is 6.17. The maximum Gasteiger partial charge on any atom is 0.273 e. The number of carbonyl (C=O) groups is 4. The third-order valence-electron chi connectivity index (χ3n) is 9.32. The van der Waals surface area contributed by atoms with E-state index in [0.29, 0.717) is 32.1 Å². The first-order valence-corrected chi connectivity index (χ1v) is 19.0. The highest BCUT2D eigenvalue weighted by Crippen LogP contribution is 2.23. The molecular formula is C40H62N4O6. The van der Waals surface area contributed by atoms with E-state index in [1.165, 1.54) is 50.7 Å². The van der Waals surface area contributed by atoms with E-state index >= 15 is 0 Å². The Hall–Kier alpha value is -4.08. The number of carbonyl (C=O) groups excluding carboxylic acids is 4. The molecule has 0 radical (unpaired) electrons. The number of aromatic hydroxyl groups is 2. The van der Waals surface area contributed by atoms with Gasteiger partial charge in [-0.15, -0.1) is 0 Å². The van der Waals surface area contributed by atoms with Crippen LogP contribution in [0, 0.1) is 11.8 Å². The van der Waals surface area contributed by atoms with E-state index < -0.39 is 11.8 Å². The standard InChI is InChI=1S/C40H62N4O6/c1-5-9-11-13-15-19-29-23-25-35(45)33(27-29)39(49)43-41-37(47)31(8-4)21-17-22-32(18-7-3)38(48)42-44-40(50)34-28-30(24-26-36(34)46)20-16-14-12-10-6-2/h23-28,31-32,45-46H,5-22H2,1-4H3,(H,41,47)(H,42,48)(H,43,49)(H,44,50). The smallest absolute Gasteiger partial charge is 0.273 e. The van der Waals surface area contributed by atoms with Crippen molar-refractivity contribution in [1.29, 1.82) is 0 Å². The minimum atomic E-state index is -0.581. The second-order valence-electron chi connectivity index (χ2n) is 13.4. The van der Waals surface area contributed by atoms with Crippen molar-refractivity contribution in [1.82, 2.24) is 21.7 Å². The molecule has 278 valence electrons. The number of unbranched alkanes of at least 4 members (excludes halogenated alkanes) is 8. The van der Waals surface area contributed by atoms with E-state index in [1.807, 2.05) is 26.0 Å². The number of rotatable bonds is 23. The second-order valence-corrected chi connectivity index (χ2v) is 13.4. The van der Waals surface area contributed by atoms with Gasteiger partial charge in [0.25, 0.3) is 11.8 Å². The summed E-state index contributed by atoms with van der Waals surface area (Å²) < 4.78 is 0. The predicted molar refractivity (Wildman–Crippen MR) is 198 cm³/mol. The molecule has 6 N–H and O–H groups in total. The number of phenols is 2. The fourth-order valence-electron chi connectivity index (χ4n) is 6.17. The van der Waals surface area contributed by atoms with Gasteiger partial charge in [-0.3, -0.25) is 40.9 Å². The Balaban J connectivity index is 1.84. The third kappa shape index (κ3) is 15.2. The number of benzene rings is 2.